The third kappa shape index (κ3) is 5.84. The molecule has 0 bridgehead atoms. The molecule has 1 aromatic rings. The highest BCUT2D eigenvalue weighted by Gasteiger charge is 2.28. The summed E-state index contributed by atoms with van der Waals surface area (Å²) in [5.74, 6) is 0.479. The van der Waals surface area contributed by atoms with E-state index in [1.54, 1.807) is 12.1 Å². The summed E-state index contributed by atoms with van der Waals surface area (Å²) >= 11 is 3.49. The zero-order chi connectivity index (χ0) is 21.5. The Hall–Kier alpha value is -2.35. The lowest BCUT2D eigenvalue weighted by Gasteiger charge is -2.21. The Bertz CT molecular complexity index is 824. The number of hydrogen-bond donors (Lipinski definition) is 2. The smallest absolute Gasteiger partial charge is 0.328 e. The number of amides is 4. The Balaban J connectivity index is 1.61. The van der Waals surface area contributed by atoms with Gasteiger partial charge in [0.05, 0.1) is 18.2 Å². The highest BCUT2D eigenvalue weighted by molar-refractivity contribution is 9.10. The minimum absolute atomic E-state index is 0.153. The summed E-state index contributed by atoms with van der Waals surface area (Å²) in [6, 6.07) is 2.60. The van der Waals surface area contributed by atoms with E-state index < -0.39 is 17.8 Å². The second-order valence-corrected chi connectivity index (χ2v) is 8.53. The monoisotopic (exact) mass is 478 g/mol. The van der Waals surface area contributed by atoms with Crippen molar-refractivity contribution < 1.29 is 23.9 Å². The van der Waals surface area contributed by atoms with E-state index in [0.717, 1.165) is 18.8 Å². The lowest BCUT2D eigenvalue weighted by molar-refractivity contribution is -0.123. The van der Waals surface area contributed by atoms with Crippen molar-refractivity contribution in [1.29, 1.82) is 0 Å². The molecular formula is C22H27BrN2O5. The van der Waals surface area contributed by atoms with Crippen LogP contribution in [-0.4, -0.2) is 31.6 Å². The van der Waals surface area contributed by atoms with Gasteiger partial charge in [0.15, 0.2) is 11.5 Å². The number of rotatable bonds is 8. The van der Waals surface area contributed by atoms with E-state index in [1.165, 1.54) is 51.7 Å². The Morgan fingerprint density at radius 2 is 1.77 bits per heavy atom. The Kier molecular flexibility index (Phi) is 7.90. The first-order valence-corrected chi connectivity index (χ1v) is 11.2. The van der Waals surface area contributed by atoms with E-state index in [4.69, 9.17) is 9.47 Å². The normalized spacial score (nSPS) is 17.4. The van der Waals surface area contributed by atoms with Crippen molar-refractivity contribution in [2.24, 2.45) is 5.92 Å². The fourth-order valence-corrected chi connectivity index (χ4v) is 4.50. The first-order chi connectivity index (χ1) is 14.5. The lowest BCUT2D eigenvalue weighted by atomic mass is 9.86. The molecule has 7 nitrogen and oxygen atoms in total. The summed E-state index contributed by atoms with van der Waals surface area (Å²) in [6.07, 6.45) is 11.6. The molecule has 3 rings (SSSR count). The van der Waals surface area contributed by atoms with E-state index in [2.05, 4.69) is 26.6 Å². The molecule has 1 aliphatic heterocycles. The topological polar surface area (TPSA) is 93.7 Å². The van der Waals surface area contributed by atoms with Crippen LogP contribution in [0.2, 0.25) is 0 Å². The Labute approximate surface area is 184 Å². The van der Waals surface area contributed by atoms with Crippen molar-refractivity contribution in [2.45, 2.75) is 51.4 Å². The number of ether oxygens (including phenoxy) is 2. The number of carbonyl (C=O) groups excluding carboxylic acids is 3. The summed E-state index contributed by atoms with van der Waals surface area (Å²) in [5.41, 5.74) is 0.415. The standard InChI is InChI=1S/C22H27BrN2O5/c1-29-18-13-15(11-16-20(26)24-22(28)25-21(16)27)12-17(23)19(18)30-10-6-5-9-14-7-3-2-4-8-14/h11-14H,2-10H2,1H3,(H2,24,25,26,27,28). The molecule has 162 valence electrons. The third-order valence-corrected chi connectivity index (χ3v) is 6.07. The molecule has 1 aliphatic carbocycles. The average molecular weight is 479 g/mol. The minimum Gasteiger partial charge on any atom is -0.493 e. The predicted molar refractivity (Wildman–Crippen MR) is 116 cm³/mol. The van der Waals surface area contributed by atoms with Gasteiger partial charge >= 0.3 is 6.03 Å². The molecule has 2 N–H and O–H groups in total. The van der Waals surface area contributed by atoms with Gasteiger partial charge in [-0.3, -0.25) is 20.2 Å². The largest absolute Gasteiger partial charge is 0.493 e. The molecule has 0 aromatic heterocycles. The van der Waals surface area contributed by atoms with E-state index in [0.29, 0.717) is 28.1 Å². The summed E-state index contributed by atoms with van der Waals surface area (Å²) in [6.45, 7) is 0.592. The summed E-state index contributed by atoms with van der Waals surface area (Å²) < 4.78 is 12.1. The van der Waals surface area contributed by atoms with Crippen LogP contribution < -0.4 is 20.1 Å². The summed E-state index contributed by atoms with van der Waals surface area (Å²) in [7, 11) is 1.54. The molecule has 30 heavy (non-hydrogen) atoms. The molecule has 1 heterocycles. The first kappa shape index (κ1) is 22.3. The molecule has 0 radical (unpaired) electrons. The lowest BCUT2D eigenvalue weighted by Crippen LogP contribution is -2.51. The second-order valence-electron chi connectivity index (χ2n) is 7.68. The number of unbranched alkanes of at least 4 members (excludes halogenated alkanes) is 1. The maximum absolute atomic E-state index is 11.9. The van der Waals surface area contributed by atoms with Crippen LogP contribution in [0.3, 0.4) is 0 Å². The SMILES string of the molecule is COc1cc(C=C2C(=O)NC(=O)NC2=O)cc(Br)c1OCCCCC1CCCCC1. The zero-order valence-electron chi connectivity index (χ0n) is 17.1. The van der Waals surface area contributed by atoms with Crippen molar-refractivity contribution in [3.05, 3.63) is 27.7 Å². The van der Waals surface area contributed by atoms with Crippen molar-refractivity contribution in [1.82, 2.24) is 10.6 Å². The third-order valence-electron chi connectivity index (χ3n) is 5.48. The fraction of sp³-hybridized carbons (Fsp3) is 0.500. The van der Waals surface area contributed by atoms with Crippen LogP contribution in [-0.2, 0) is 9.59 Å². The van der Waals surface area contributed by atoms with Gasteiger partial charge < -0.3 is 9.47 Å². The molecule has 0 atom stereocenters. The average Bonchev–Trinajstić information content (AvgIpc) is 2.72. The van der Waals surface area contributed by atoms with Crippen LogP contribution in [0.15, 0.2) is 22.2 Å². The van der Waals surface area contributed by atoms with Gasteiger partial charge in [0.2, 0.25) is 0 Å². The highest BCUT2D eigenvalue weighted by Crippen LogP contribution is 2.37. The van der Waals surface area contributed by atoms with Crippen molar-refractivity contribution in [3.8, 4) is 11.5 Å². The number of imide groups is 2. The number of hydrogen-bond acceptors (Lipinski definition) is 5. The number of barbiturate groups is 1. The van der Waals surface area contributed by atoms with Crippen LogP contribution >= 0.6 is 15.9 Å². The van der Waals surface area contributed by atoms with Gasteiger partial charge in [-0.2, -0.15) is 0 Å². The molecule has 4 amide bonds. The van der Waals surface area contributed by atoms with Crippen molar-refractivity contribution >= 4 is 39.9 Å². The van der Waals surface area contributed by atoms with Gasteiger partial charge in [0.25, 0.3) is 11.8 Å². The second kappa shape index (κ2) is 10.6. The van der Waals surface area contributed by atoms with Gasteiger partial charge in [0.1, 0.15) is 5.57 Å². The molecule has 1 saturated carbocycles. The number of carbonyl (C=O) groups is 3. The van der Waals surface area contributed by atoms with Crippen LogP contribution in [0.4, 0.5) is 4.79 Å². The number of benzene rings is 1. The Morgan fingerprint density at radius 1 is 1.07 bits per heavy atom. The molecule has 8 heteroatoms. The fourth-order valence-electron chi connectivity index (χ4n) is 3.92. The number of nitrogens with one attached hydrogen (secondary N) is 2. The molecule has 2 fully saturated rings. The minimum atomic E-state index is -0.826. The van der Waals surface area contributed by atoms with Crippen LogP contribution in [0, 0.1) is 5.92 Å². The predicted octanol–water partition coefficient (Wildman–Crippen LogP) is 4.34. The van der Waals surface area contributed by atoms with Gasteiger partial charge in [-0.1, -0.05) is 38.5 Å². The molecule has 1 aromatic carbocycles. The number of urea groups is 1. The quantitative estimate of drug-likeness (QED) is 0.329. The van der Waals surface area contributed by atoms with Gasteiger partial charge in [-0.05, 0) is 58.5 Å². The number of halogens is 1. The maximum Gasteiger partial charge on any atom is 0.328 e. The molecule has 2 aliphatic rings. The van der Waals surface area contributed by atoms with Crippen LogP contribution in [0.25, 0.3) is 6.08 Å². The van der Waals surface area contributed by atoms with Crippen molar-refractivity contribution in [2.75, 3.05) is 13.7 Å². The zero-order valence-corrected chi connectivity index (χ0v) is 18.7. The van der Waals surface area contributed by atoms with E-state index in [1.807, 2.05) is 0 Å². The van der Waals surface area contributed by atoms with E-state index in [9.17, 15) is 14.4 Å². The molecule has 1 saturated heterocycles. The van der Waals surface area contributed by atoms with Crippen LogP contribution in [0.1, 0.15) is 56.9 Å². The summed E-state index contributed by atoms with van der Waals surface area (Å²) in [4.78, 5) is 35.0. The maximum atomic E-state index is 11.9. The van der Waals surface area contributed by atoms with Gasteiger partial charge in [0, 0.05) is 0 Å². The number of methoxy groups -OCH3 is 1. The van der Waals surface area contributed by atoms with E-state index >= 15 is 0 Å². The molecule has 0 spiro atoms. The molecular weight excluding hydrogens is 452 g/mol. The first-order valence-electron chi connectivity index (χ1n) is 10.4. The molecule has 0 unspecified atom stereocenters. The van der Waals surface area contributed by atoms with Gasteiger partial charge in [-0.25, -0.2) is 4.79 Å². The van der Waals surface area contributed by atoms with Crippen molar-refractivity contribution in [3.63, 3.8) is 0 Å². The summed E-state index contributed by atoms with van der Waals surface area (Å²) in [5, 5.41) is 4.10. The Morgan fingerprint density at radius 3 is 2.43 bits per heavy atom. The van der Waals surface area contributed by atoms with Crippen LogP contribution in [0.5, 0.6) is 11.5 Å². The van der Waals surface area contributed by atoms with Gasteiger partial charge in [-0.15, -0.1) is 0 Å². The highest BCUT2D eigenvalue weighted by atomic mass is 79.9. The van der Waals surface area contributed by atoms with E-state index in [-0.39, 0.29) is 5.57 Å².